The van der Waals surface area contributed by atoms with Crippen molar-refractivity contribution in [2.24, 2.45) is 0 Å². The summed E-state index contributed by atoms with van der Waals surface area (Å²) >= 11 is 0. The summed E-state index contributed by atoms with van der Waals surface area (Å²) in [5, 5.41) is 2.90. The van der Waals surface area contributed by atoms with Crippen molar-refractivity contribution in [2.75, 3.05) is 52.5 Å². The molecule has 27 heavy (non-hydrogen) atoms. The molecule has 0 atom stereocenters. The maximum absolute atomic E-state index is 12.9. The minimum atomic E-state index is -0.183. The number of carbonyl (C=O) groups is 2. The van der Waals surface area contributed by atoms with E-state index in [1.165, 1.54) is 6.20 Å². The molecule has 0 bridgehead atoms. The maximum atomic E-state index is 12.9. The fourth-order valence-electron chi connectivity index (χ4n) is 2.80. The van der Waals surface area contributed by atoms with Crippen LogP contribution in [-0.4, -0.2) is 84.1 Å². The summed E-state index contributed by atoms with van der Waals surface area (Å²) in [5.41, 5.74) is 1.08. The first-order valence-electron chi connectivity index (χ1n) is 9.75. The second kappa shape index (κ2) is 11.6. The van der Waals surface area contributed by atoms with Crippen LogP contribution in [0.1, 0.15) is 42.4 Å². The monoisotopic (exact) mass is 377 g/mol. The first-order valence-corrected chi connectivity index (χ1v) is 9.75. The van der Waals surface area contributed by atoms with Crippen molar-refractivity contribution in [1.29, 1.82) is 0 Å². The first-order chi connectivity index (χ1) is 13.1. The molecule has 0 saturated carbocycles. The van der Waals surface area contributed by atoms with E-state index in [4.69, 9.17) is 4.74 Å². The van der Waals surface area contributed by atoms with Crippen molar-refractivity contribution in [1.82, 2.24) is 25.1 Å². The maximum Gasteiger partial charge on any atom is 0.274 e. The minimum absolute atomic E-state index is 0.0254. The van der Waals surface area contributed by atoms with Crippen molar-refractivity contribution >= 4 is 11.8 Å². The zero-order valence-corrected chi connectivity index (χ0v) is 16.4. The van der Waals surface area contributed by atoms with Crippen LogP contribution in [-0.2, 0) is 9.53 Å². The molecule has 0 aromatic carbocycles. The third-order valence-electron chi connectivity index (χ3n) is 4.54. The molecule has 0 aliphatic carbocycles. The number of amides is 2. The predicted octanol–water partition coefficient (Wildman–Crippen LogP) is 0.866. The van der Waals surface area contributed by atoms with Crippen LogP contribution in [0.3, 0.4) is 0 Å². The number of nitrogens with one attached hydrogen (secondary N) is 1. The Morgan fingerprint density at radius 2 is 2.00 bits per heavy atom. The molecule has 1 aliphatic heterocycles. The van der Waals surface area contributed by atoms with E-state index in [1.54, 1.807) is 11.1 Å². The van der Waals surface area contributed by atoms with Gasteiger partial charge in [-0.1, -0.05) is 13.3 Å². The van der Waals surface area contributed by atoms with Crippen molar-refractivity contribution in [2.45, 2.75) is 33.1 Å². The number of hydrogen-bond donors (Lipinski definition) is 1. The van der Waals surface area contributed by atoms with Crippen molar-refractivity contribution in [3.63, 3.8) is 0 Å². The van der Waals surface area contributed by atoms with E-state index in [1.807, 2.05) is 6.92 Å². The molecule has 0 radical (unpaired) electrons. The molecule has 1 fully saturated rings. The molecule has 1 N–H and O–H groups in total. The number of rotatable bonds is 10. The summed E-state index contributed by atoms with van der Waals surface area (Å²) in [4.78, 5) is 37.2. The van der Waals surface area contributed by atoms with Gasteiger partial charge in [0.25, 0.3) is 5.91 Å². The van der Waals surface area contributed by atoms with E-state index >= 15 is 0 Å². The number of aryl methyl sites for hydroxylation is 1. The summed E-state index contributed by atoms with van der Waals surface area (Å²) in [5.74, 6) is -0.209. The third kappa shape index (κ3) is 7.60. The van der Waals surface area contributed by atoms with E-state index in [2.05, 4.69) is 27.1 Å². The quantitative estimate of drug-likeness (QED) is 0.609. The fourth-order valence-corrected chi connectivity index (χ4v) is 2.80. The van der Waals surface area contributed by atoms with Gasteiger partial charge in [-0.05, 0) is 13.3 Å². The number of unbranched alkanes of at least 4 members (excludes halogenated alkanes) is 1. The highest BCUT2D eigenvalue weighted by Crippen LogP contribution is 2.05. The van der Waals surface area contributed by atoms with Gasteiger partial charge in [0.15, 0.2) is 0 Å². The van der Waals surface area contributed by atoms with E-state index < -0.39 is 0 Å². The highest BCUT2D eigenvalue weighted by atomic mass is 16.5. The van der Waals surface area contributed by atoms with Gasteiger partial charge in [0.05, 0.1) is 25.1 Å². The second-order valence-corrected chi connectivity index (χ2v) is 6.74. The molecule has 1 aromatic rings. The topological polar surface area (TPSA) is 87.7 Å². The zero-order chi connectivity index (χ0) is 19.5. The lowest BCUT2D eigenvalue weighted by Crippen LogP contribution is -2.44. The molecule has 8 heteroatoms. The van der Waals surface area contributed by atoms with Gasteiger partial charge in [0, 0.05) is 51.9 Å². The summed E-state index contributed by atoms with van der Waals surface area (Å²) in [7, 11) is 0. The van der Waals surface area contributed by atoms with E-state index in [-0.39, 0.29) is 18.2 Å². The van der Waals surface area contributed by atoms with Crippen molar-refractivity contribution < 1.29 is 14.3 Å². The third-order valence-corrected chi connectivity index (χ3v) is 4.54. The molecule has 2 rings (SSSR count). The molecule has 1 aromatic heterocycles. The molecule has 8 nitrogen and oxygen atoms in total. The summed E-state index contributed by atoms with van der Waals surface area (Å²) in [6, 6.07) is 0. The molecule has 2 amide bonds. The molecule has 1 aliphatic rings. The van der Waals surface area contributed by atoms with Crippen LogP contribution < -0.4 is 5.32 Å². The average Bonchev–Trinajstić information content (AvgIpc) is 2.69. The lowest BCUT2D eigenvalue weighted by molar-refractivity contribution is -0.121. The number of ether oxygens (including phenoxy) is 1. The number of morpholine rings is 1. The number of nitrogens with zero attached hydrogens (tertiary/aromatic N) is 4. The van der Waals surface area contributed by atoms with E-state index in [0.717, 1.165) is 51.4 Å². The first kappa shape index (κ1) is 21.2. The Hall–Kier alpha value is -2.06. The van der Waals surface area contributed by atoms with Gasteiger partial charge in [-0.2, -0.15) is 0 Å². The number of hydrogen-bond acceptors (Lipinski definition) is 6. The van der Waals surface area contributed by atoms with Crippen LogP contribution >= 0.6 is 0 Å². The van der Waals surface area contributed by atoms with Crippen LogP contribution in [0, 0.1) is 6.92 Å². The normalized spacial score (nSPS) is 14.7. The molecule has 1 saturated heterocycles. The Balaban J connectivity index is 1.92. The summed E-state index contributed by atoms with van der Waals surface area (Å²) in [6.45, 7) is 9.45. The van der Waals surface area contributed by atoms with Gasteiger partial charge >= 0.3 is 0 Å². The Morgan fingerprint density at radius 1 is 1.22 bits per heavy atom. The van der Waals surface area contributed by atoms with Gasteiger partial charge in [-0.3, -0.25) is 19.5 Å². The summed E-state index contributed by atoms with van der Waals surface area (Å²) < 4.78 is 5.37. The van der Waals surface area contributed by atoms with Crippen LogP contribution in [0.25, 0.3) is 0 Å². The number of aromatic nitrogens is 2. The predicted molar refractivity (Wildman–Crippen MR) is 102 cm³/mol. The minimum Gasteiger partial charge on any atom is -0.379 e. The average molecular weight is 377 g/mol. The largest absolute Gasteiger partial charge is 0.379 e. The lowest BCUT2D eigenvalue weighted by Gasteiger charge is -2.30. The van der Waals surface area contributed by atoms with Gasteiger partial charge in [0.1, 0.15) is 5.69 Å². The fraction of sp³-hybridized carbons (Fsp3) is 0.684. The molecule has 150 valence electrons. The molecular weight excluding hydrogens is 346 g/mol. The van der Waals surface area contributed by atoms with Crippen molar-refractivity contribution in [3.05, 3.63) is 23.8 Å². The smallest absolute Gasteiger partial charge is 0.274 e. The lowest BCUT2D eigenvalue weighted by atomic mass is 10.2. The van der Waals surface area contributed by atoms with Gasteiger partial charge in [-0.15, -0.1) is 0 Å². The molecule has 0 spiro atoms. The van der Waals surface area contributed by atoms with E-state index in [9.17, 15) is 9.59 Å². The standard InChI is InChI=1S/C19H31N5O3/c1-3-4-6-20-18(25)5-7-24(9-8-23-10-12-27-13-11-23)19(26)17-15-21-16(2)14-22-17/h14-15H,3-13H2,1-2H3,(H,20,25). The van der Waals surface area contributed by atoms with Crippen LogP contribution in [0.15, 0.2) is 12.4 Å². The van der Waals surface area contributed by atoms with E-state index in [0.29, 0.717) is 25.3 Å². The molecule has 2 heterocycles. The Labute approximate surface area is 161 Å². The zero-order valence-electron chi connectivity index (χ0n) is 16.4. The highest BCUT2D eigenvalue weighted by Gasteiger charge is 2.20. The Bertz CT molecular complexity index is 588. The van der Waals surface area contributed by atoms with Crippen LogP contribution in [0.4, 0.5) is 0 Å². The number of carbonyl (C=O) groups excluding carboxylic acids is 2. The second-order valence-electron chi connectivity index (χ2n) is 6.74. The SMILES string of the molecule is CCCCNC(=O)CCN(CCN1CCOCC1)C(=O)c1cnc(C)cn1. The van der Waals surface area contributed by atoms with Crippen LogP contribution in [0.2, 0.25) is 0 Å². The van der Waals surface area contributed by atoms with Crippen LogP contribution in [0.5, 0.6) is 0 Å². The van der Waals surface area contributed by atoms with Crippen molar-refractivity contribution in [3.8, 4) is 0 Å². The molecule has 0 unspecified atom stereocenters. The van der Waals surface area contributed by atoms with Gasteiger partial charge in [0.2, 0.25) is 5.91 Å². The van der Waals surface area contributed by atoms with Gasteiger partial charge in [-0.25, -0.2) is 4.98 Å². The molecular formula is C19H31N5O3. The Morgan fingerprint density at radius 3 is 2.67 bits per heavy atom. The highest BCUT2D eigenvalue weighted by molar-refractivity contribution is 5.92. The summed E-state index contributed by atoms with van der Waals surface area (Å²) in [6.07, 6.45) is 5.38. The van der Waals surface area contributed by atoms with Gasteiger partial charge < -0.3 is 15.0 Å². The Kier molecular flexibility index (Phi) is 9.13.